The molecule has 76 heavy (non-hydrogen) atoms. The summed E-state index contributed by atoms with van der Waals surface area (Å²) >= 11 is 0. The summed E-state index contributed by atoms with van der Waals surface area (Å²) in [7, 11) is 0. The lowest BCUT2D eigenvalue weighted by Gasteiger charge is -2.21. The van der Waals surface area contributed by atoms with E-state index in [1.54, 1.807) is 0 Å². The quantitative estimate of drug-likeness (QED) is 0.151. The highest BCUT2D eigenvalue weighted by Crippen LogP contribution is 2.41. The van der Waals surface area contributed by atoms with Crippen molar-refractivity contribution in [3.63, 3.8) is 0 Å². The Morgan fingerprint density at radius 3 is 0.855 bits per heavy atom. The molecule has 3 aromatic heterocycles. The van der Waals surface area contributed by atoms with Crippen molar-refractivity contribution in [2.75, 3.05) is 0 Å². The number of aromatic nitrogens is 8. The van der Waals surface area contributed by atoms with Gasteiger partial charge in [-0.25, -0.2) is 29.9 Å². The van der Waals surface area contributed by atoms with Gasteiger partial charge in [0.15, 0.2) is 23.3 Å². The minimum Gasteiger partial charge on any atom is -0.490 e. The highest BCUT2D eigenvalue weighted by molar-refractivity contribution is 6.07. The fraction of sp³-hybridized carbons (Fsp3) is 0.500. The molecular formula is C64H74N8O4. The van der Waals surface area contributed by atoms with E-state index in [0.29, 0.717) is 45.9 Å². The summed E-state index contributed by atoms with van der Waals surface area (Å²) in [6, 6.07) is 25.3. The first-order valence-corrected chi connectivity index (χ1v) is 29.7. The molecular weight excluding hydrogens is 945 g/mol. The molecule has 4 aliphatic carbocycles. The maximum absolute atomic E-state index is 6.83. The van der Waals surface area contributed by atoms with Crippen LogP contribution in [0, 0.1) is 0 Å². The van der Waals surface area contributed by atoms with Crippen molar-refractivity contribution in [1.29, 1.82) is 0 Å². The number of H-pyrrole nitrogens is 2. The lowest BCUT2D eigenvalue weighted by Crippen LogP contribution is -2.17. The molecule has 6 aliphatic rings. The molecule has 8 bridgehead atoms. The molecule has 7 aromatic rings. The number of rotatable bonds is 8. The van der Waals surface area contributed by atoms with Crippen molar-refractivity contribution >= 4 is 44.1 Å². The summed E-state index contributed by atoms with van der Waals surface area (Å²) in [5.41, 5.74) is 6.09. The van der Waals surface area contributed by atoms with Crippen molar-refractivity contribution in [2.24, 2.45) is 0 Å². The summed E-state index contributed by atoms with van der Waals surface area (Å²) < 4.78 is 27.3. The Balaban J connectivity index is 1.01. The van der Waals surface area contributed by atoms with Crippen LogP contribution in [0.1, 0.15) is 180 Å². The first-order valence-electron chi connectivity index (χ1n) is 29.7. The summed E-state index contributed by atoms with van der Waals surface area (Å²) in [6.07, 6.45) is 34.0. The fourth-order valence-corrected chi connectivity index (χ4v) is 12.9. The van der Waals surface area contributed by atoms with Crippen LogP contribution in [0.5, 0.6) is 23.0 Å². The number of aromatic amines is 2. The zero-order chi connectivity index (χ0) is 50.6. The Bertz CT molecular complexity index is 3130. The standard InChI is InChI=1S/C64H74N8O4/c1-5-13-21-41(22-14-6-1)73-45-29-33-49-53(37-45)61-67-57(49)65-58-51-35-31-47(75-43-25-17-9-3-10-18-26-43)39-55(51)63(69-58)72-64-56-40-48(76-44-27-19-11-4-12-20-28-44)32-36-52(56)60(70-64)66-59-50-34-30-46(38-54(50)62(68-59)71-61)74-42-23-15-7-2-8-16-24-42/h29-44H,1-28H2,(H2,65,66,67,68,69,70,71,72). The molecule has 0 saturated heterocycles. The van der Waals surface area contributed by atoms with Gasteiger partial charge in [-0.3, -0.25) is 0 Å². The van der Waals surface area contributed by atoms with E-state index < -0.39 is 0 Å². The number of benzene rings is 4. The molecule has 2 aliphatic heterocycles. The zero-order valence-electron chi connectivity index (χ0n) is 44.4. The van der Waals surface area contributed by atoms with Crippen molar-refractivity contribution in [1.82, 2.24) is 39.9 Å². The number of nitrogens with zero attached hydrogens (tertiary/aromatic N) is 6. The number of hydrogen-bond acceptors (Lipinski definition) is 10. The van der Waals surface area contributed by atoms with E-state index in [1.165, 1.54) is 128 Å². The summed E-state index contributed by atoms with van der Waals surface area (Å²) in [5.74, 6) is 5.55. The Morgan fingerprint density at radius 1 is 0.263 bits per heavy atom. The molecule has 0 unspecified atom stereocenters. The molecule has 0 atom stereocenters. The number of hydrogen-bond donors (Lipinski definition) is 2. The summed E-state index contributed by atoms with van der Waals surface area (Å²) in [5, 5.41) is 3.63. The van der Waals surface area contributed by atoms with Gasteiger partial charge in [0.1, 0.15) is 45.6 Å². The third kappa shape index (κ3) is 10.9. The maximum Gasteiger partial charge on any atom is 0.164 e. The third-order valence-corrected chi connectivity index (χ3v) is 17.1. The summed E-state index contributed by atoms with van der Waals surface area (Å²) in [6.45, 7) is 0. The first-order chi connectivity index (χ1) is 37.6. The Labute approximate surface area is 446 Å². The Morgan fingerprint density at radius 2 is 0.526 bits per heavy atom. The van der Waals surface area contributed by atoms with E-state index in [4.69, 9.17) is 48.9 Å². The zero-order valence-corrected chi connectivity index (χ0v) is 44.4. The van der Waals surface area contributed by atoms with Gasteiger partial charge in [0, 0.05) is 43.8 Å². The minimum absolute atomic E-state index is 0.173. The van der Waals surface area contributed by atoms with E-state index in [9.17, 15) is 0 Å². The van der Waals surface area contributed by atoms with Gasteiger partial charge in [-0.2, -0.15) is 0 Å². The van der Waals surface area contributed by atoms with Crippen LogP contribution in [0.3, 0.4) is 0 Å². The number of fused-ring (bicyclic) bond motifs is 20. The molecule has 12 nitrogen and oxygen atoms in total. The van der Waals surface area contributed by atoms with Crippen LogP contribution < -0.4 is 18.9 Å². The normalized spacial score (nSPS) is 18.9. The topological polar surface area (TPSA) is 146 Å². The largest absolute Gasteiger partial charge is 0.490 e. The SMILES string of the molecule is c1cc2c(cc1OC1CCCCCCC1)-c1nc-2nc2[nH]c(nc3nc(nc4[nH]c(n1)c1cc(OC5CCCCCCC5)ccc41)-c1ccc(OC4CCCCCCC4)cc1-3)c1cc(OC3CCCCCCC3)ccc21. The molecule has 5 heterocycles. The molecule has 0 spiro atoms. The Kier molecular flexibility index (Phi) is 14.6. The van der Waals surface area contributed by atoms with Gasteiger partial charge in [0.25, 0.3) is 0 Å². The van der Waals surface area contributed by atoms with Crippen molar-refractivity contribution in [3.8, 4) is 68.5 Å². The monoisotopic (exact) mass is 1020 g/mol. The predicted octanol–water partition coefficient (Wildman–Crippen LogP) is 16.8. The van der Waals surface area contributed by atoms with E-state index in [0.717, 1.165) is 118 Å². The van der Waals surface area contributed by atoms with Gasteiger partial charge in [0.05, 0.1) is 24.4 Å². The minimum atomic E-state index is 0.173. The van der Waals surface area contributed by atoms with Gasteiger partial charge in [0.2, 0.25) is 0 Å². The van der Waals surface area contributed by atoms with Crippen LogP contribution in [0.4, 0.5) is 0 Å². The smallest absolute Gasteiger partial charge is 0.164 e. The van der Waals surface area contributed by atoms with Gasteiger partial charge in [-0.05, 0) is 176 Å². The van der Waals surface area contributed by atoms with Crippen LogP contribution in [0.2, 0.25) is 0 Å². The molecule has 2 N–H and O–H groups in total. The highest BCUT2D eigenvalue weighted by atomic mass is 16.5. The first kappa shape index (κ1) is 49.0. The molecule has 394 valence electrons. The molecule has 4 saturated carbocycles. The van der Waals surface area contributed by atoms with Gasteiger partial charge < -0.3 is 28.9 Å². The highest BCUT2D eigenvalue weighted by Gasteiger charge is 2.26. The van der Waals surface area contributed by atoms with Gasteiger partial charge in [-0.1, -0.05) is 77.0 Å². The average Bonchev–Trinajstić information content (AvgIpc) is 4.17. The van der Waals surface area contributed by atoms with Crippen molar-refractivity contribution in [2.45, 2.75) is 204 Å². The second-order valence-electron chi connectivity index (χ2n) is 22.8. The van der Waals surface area contributed by atoms with Crippen LogP contribution in [-0.2, 0) is 0 Å². The molecule has 4 aromatic carbocycles. The van der Waals surface area contributed by atoms with E-state index in [2.05, 4.69) is 82.8 Å². The summed E-state index contributed by atoms with van der Waals surface area (Å²) in [4.78, 5) is 39.8. The third-order valence-electron chi connectivity index (χ3n) is 17.1. The second kappa shape index (κ2) is 22.6. The molecule has 4 fully saturated rings. The molecule has 0 radical (unpaired) electrons. The van der Waals surface area contributed by atoms with Gasteiger partial charge in [-0.15, -0.1) is 0 Å². The van der Waals surface area contributed by atoms with Gasteiger partial charge >= 0.3 is 0 Å². The van der Waals surface area contributed by atoms with Crippen LogP contribution in [0.25, 0.3) is 89.7 Å². The lowest BCUT2D eigenvalue weighted by atomic mass is 9.98. The fourth-order valence-electron chi connectivity index (χ4n) is 12.9. The lowest BCUT2D eigenvalue weighted by molar-refractivity contribution is 0.166. The molecule has 13 rings (SSSR count). The maximum atomic E-state index is 6.83. The van der Waals surface area contributed by atoms with Crippen molar-refractivity contribution < 1.29 is 18.9 Å². The number of nitrogens with one attached hydrogen (secondary N) is 2. The molecule has 12 heteroatoms. The Hall–Kier alpha value is -6.56. The predicted molar refractivity (Wildman–Crippen MR) is 303 cm³/mol. The van der Waals surface area contributed by atoms with E-state index >= 15 is 0 Å². The van der Waals surface area contributed by atoms with E-state index in [1.807, 2.05) is 0 Å². The number of ether oxygens (including phenoxy) is 4. The van der Waals surface area contributed by atoms with Crippen molar-refractivity contribution in [3.05, 3.63) is 72.8 Å². The molecule has 0 amide bonds. The van der Waals surface area contributed by atoms with Crippen LogP contribution in [-0.4, -0.2) is 64.3 Å². The average molecular weight is 1020 g/mol. The van der Waals surface area contributed by atoms with E-state index in [-0.39, 0.29) is 24.4 Å². The van der Waals surface area contributed by atoms with Crippen LogP contribution >= 0.6 is 0 Å². The van der Waals surface area contributed by atoms with Crippen LogP contribution in [0.15, 0.2) is 72.8 Å². The second-order valence-corrected chi connectivity index (χ2v) is 22.8.